The van der Waals surface area contributed by atoms with Crippen molar-refractivity contribution < 1.29 is 13.3 Å². The van der Waals surface area contributed by atoms with Gasteiger partial charge in [-0.2, -0.15) is 0 Å². The highest BCUT2D eigenvalue weighted by Crippen LogP contribution is 2.31. The maximum Gasteiger partial charge on any atom is 0.500 e. The van der Waals surface area contributed by atoms with Crippen LogP contribution in [0.4, 0.5) is 0 Å². The molecule has 0 bridgehead atoms. The molecule has 0 saturated heterocycles. The van der Waals surface area contributed by atoms with Crippen molar-refractivity contribution in [3.8, 4) is 0 Å². The third kappa shape index (κ3) is 5.59. The maximum atomic E-state index is 5.52. The predicted octanol–water partition coefficient (Wildman–Crippen LogP) is 5.59. The molecular formula is C24H29O3SSi+. The third-order valence-electron chi connectivity index (χ3n) is 5.00. The molecule has 3 rings (SSSR count). The lowest BCUT2D eigenvalue weighted by atomic mass is 10.1. The number of rotatable bonds is 10. The minimum atomic E-state index is -2.49. The van der Waals surface area contributed by atoms with E-state index in [2.05, 4.69) is 84.9 Å². The van der Waals surface area contributed by atoms with Crippen molar-refractivity contribution in [2.75, 3.05) is 21.3 Å². The topological polar surface area (TPSA) is 27.7 Å². The van der Waals surface area contributed by atoms with Crippen LogP contribution in [0, 0.1) is 0 Å². The Balaban J connectivity index is 1.75. The molecule has 0 unspecified atom stereocenters. The molecule has 0 aliphatic carbocycles. The summed E-state index contributed by atoms with van der Waals surface area (Å²) >= 11 is 0. The molecule has 3 aromatic rings. The van der Waals surface area contributed by atoms with Gasteiger partial charge in [-0.3, -0.25) is 0 Å². The summed E-state index contributed by atoms with van der Waals surface area (Å²) in [6.45, 7) is 0. The van der Waals surface area contributed by atoms with Crippen molar-refractivity contribution in [2.24, 2.45) is 0 Å². The van der Waals surface area contributed by atoms with Gasteiger partial charge in [0, 0.05) is 27.4 Å². The largest absolute Gasteiger partial charge is 0.500 e. The monoisotopic (exact) mass is 425 g/mol. The highest BCUT2D eigenvalue weighted by atomic mass is 32.2. The van der Waals surface area contributed by atoms with Crippen molar-refractivity contribution in [1.29, 1.82) is 0 Å². The Hall–Kier alpha value is -1.89. The summed E-state index contributed by atoms with van der Waals surface area (Å²) in [5.41, 5.74) is 1.32. The summed E-state index contributed by atoms with van der Waals surface area (Å²) in [5, 5.41) is 0. The van der Waals surface area contributed by atoms with Crippen LogP contribution < -0.4 is 0 Å². The highest BCUT2D eigenvalue weighted by molar-refractivity contribution is 7.97. The van der Waals surface area contributed by atoms with Gasteiger partial charge in [-0.05, 0) is 54.8 Å². The first-order valence-electron chi connectivity index (χ1n) is 9.80. The molecule has 0 aliphatic heterocycles. The molecule has 29 heavy (non-hydrogen) atoms. The second kappa shape index (κ2) is 10.8. The van der Waals surface area contributed by atoms with Crippen LogP contribution in [0.15, 0.2) is 99.6 Å². The van der Waals surface area contributed by atoms with E-state index in [0.717, 1.165) is 18.9 Å². The van der Waals surface area contributed by atoms with Gasteiger partial charge < -0.3 is 13.3 Å². The third-order valence-corrected chi connectivity index (χ3v) is 10.1. The first-order valence-corrected chi connectivity index (χ1v) is 13.0. The van der Waals surface area contributed by atoms with E-state index < -0.39 is 8.80 Å². The Kier molecular flexibility index (Phi) is 8.09. The smallest absolute Gasteiger partial charge is 0.377 e. The van der Waals surface area contributed by atoms with Crippen molar-refractivity contribution in [2.45, 2.75) is 33.6 Å². The van der Waals surface area contributed by atoms with Crippen molar-refractivity contribution in [3.05, 3.63) is 90.5 Å². The summed E-state index contributed by atoms with van der Waals surface area (Å²) < 4.78 is 16.6. The van der Waals surface area contributed by atoms with Crippen molar-refractivity contribution >= 4 is 19.7 Å². The van der Waals surface area contributed by atoms with E-state index in [-0.39, 0.29) is 10.9 Å². The van der Waals surface area contributed by atoms with E-state index in [9.17, 15) is 0 Å². The van der Waals surface area contributed by atoms with Crippen LogP contribution in [-0.2, 0) is 30.6 Å². The molecule has 0 aromatic heterocycles. The van der Waals surface area contributed by atoms with Crippen LogP contribution in [0.5, 0.6) is 0 Å². The first kappa shape index (κ1) is 21.8. The Bertz CT molecular complexity index is 805. The molecule has 0 fully saturated rings. The van der Waals surface area contributed by atoms with E-state index in [1.165, 1.54) is 20.2 Å². The average molecular weight is 426 g/mol. The van der Waals surface area contributed by atoms with Crippen LogP contribution in [0.2, 0.25) is 6.04 Å². The summed E-state index contributed by atoms with van der Waals surface area (Å²) in [7, 11) is 2.42. The lowest BCUT2D eigenvalue weighted by molar-refractivity contribution is 0.123. The number of aryl methyl sites for hydroxylation is 1. The lowest BCUT2D eigenvalue weighted by Gasteiger charge is -2.24. The second-order valence-corrected chi connectivity index (χ2v) is 11.8. The average Bonchev–Trinajstić information content (AvgIpc) is 2.80. The van der Waals surface area contributed by atoms with E-state index in [1.807, 2.05) is 0 Å². The standard InChI is InChI=1S/C24H29O3SSi/c1-25-29(26-2,27-3)20-10-11-21-16-18-24(19-17-21)28(22-12-6-4-7-13-22)23-14-8-5-9-15-23/h4-9,12-19H,10-11,20H2,1-3H3/q+1. The number of hydrogen-bond acceptors (Lipinski definition) is 3. The quantitative estimate of drug-likeness (QED) is 0.313. The molecule has 0 atom stereocenters. The maximum absolute atomic E-state index is 5.52. The molecule has 0 N–H and O–H groups in total. The highest BCUT2D eigenvalue weighted by Gasteiger charge is 2.36. The fourth-order valence-corrected chi connectivity index (χ4v) is 7.18. The van der Waals surface area contributed by atoms with Gasteiger partial charge in [-0.15, -0.1) is 0 Å². The zero-order valence-electron chi connectivity index (χ0n) is 17.3. The fourth-order valence-electron chi connectivity index (χ4n) is 3.38. The molecule has 3 nitrogen and oxygen atoms in total. The van der Waals surface area contributed by atoms with Gasteiger partial charge in [0.15, 0.2) is 14.7 Å². The van der Waals surface area contributed by atoms with Gasteiger partial charge in [0.25, 0.3) is 0 Å². The second-order valence-electron chi connectivity index (χ2n) is 6.73. The molecule has 0 saturated carbocycles. The van der Waals surface area contributed by atoms with E-state index in [0.29, 0.717) is 0 Å². The van der Waals surface area contributed by atoms with Crippen LogP contribution in [0.3, 0.4) is 0 Å². The molecule has 0 heterocycles. The molecule has 3 aromatic carbocycles. The van der Waals surface area contributed by atoms with Gasteiger partial charge in [0.2, 0.25) is 0 Å². The zero-order chi connectivity index (χ0) is 20.5. The minimum Gasteiger partial charge on any atom is -0.377 e. The SMILES string of the molecule is CO[Si](CCCc1ccc([S+](c2ccccc2)c2ccccc2)cc1)(OC)OC. The number of benzene rings is 3. The summed E-state index contributed by atoms with van der Waals surface area (Å²) in [5.74, 6) is 0. The molecule has 5 heteroatoms. The Labute approximate surface area is 178 Å². The minimum absolute atomic E-state index is 0.100. The molecule has 0 amide bonds. The van der Waals surface area contributed by atoms with Crippen molar-refractivity contribution in [3.63, 3.8) is 0 Å². The van der Waals surface area contributed by atoms with Crippen LogP contribution >= 0.6 is 0 Å². The zero-order valence-corrected chi connectivity index (χ0v) is 19.2. The van der Waals surface area contributed by atoms with Crippen LogP contribution in [-0.4, -0.2) is 30.1 Å². The van der Waals surface area contributed by atoms with Gasteiger partial charge in [0.1, 0.15) is 0 Å². The van der Waals surface area contributed by atoms with Crippen LogP contribution in [0.1, 0.15) is 12.0 Å². The number of hydrogen-bond donors (Lipinski definition) is 0. The Morgan fingerprint density at radius 2 is 1.07 bits per heavy atom. The predicted molar refractivity (Wildman–Crippen MR) is 121 cm³/mol. The van der Waals surface area contributed by atoms with Gasteiger partial charge in [-0.1, -0.05) is 48.5 Å². The van der Waals surface area contributed by atoms with Crippen LogP contribution in [0.25, 0.3) is 0 Å². The van der Waals surface area contributed by atoms with Crippen molar-refractivity contribution in [1.82, 2.24) is 0 Å². The Morgan fingerprint density at radius 3 is 1.52 bits per heavy atom. The van der Waals surface area contributed by atoms with E-state index >= 15 is 0 Å². The van der Waals surface area contributed by atoms with Gasteiger partial charge in [0.05, 0.1) is 10.9 Å². The fraction of sp³-hybridized carbons (Fsp3) is 0.250. The summed E-state index contributed by atoms with van der Waals surface area (Å²) in [4.78, 5) is 4.01. The molecular weight excluding hydrogens is 396 g/mol. The normalized spacial score (nSPS) is 11.7. The Morgan fingerprint density at radius 1 is 0.621 bits per heavy atom. The molecule has 152 valence electrons. The molecule has 0 aliphatic rings. The van der Waals surface area contributed by atoms with Gasteiger partial charge >= 0.3 is 8.80 Å². The van der Waals surface area contributed by atoms with E-state index in [1.54, 1.807) is 21.3 Å². The summed E-state index contributed by atoms with van der Waals surface area (Å²) in [6.07, 6.45) is 1.96. The van der Waals surface area contributed by atoms with Gasteiger partial charge in [-0.25, -0.2) is 0 Å². The molecule has 0 radical (unpaired) electrons. The lowest BCUT2D eigenvalue weighted by Crippen LogP contribution is -2.42. The van der Waals surface area contributed by atoms with E-state index in [4.69, 9.17) is 13.3 Å². The first-order chi connectivity index (χ1) is 14.2. The molecule has 0 spiro atoms. The summed E-state index contributed by atoms with van der Waals surface area (Å²) in [6, 6.07) is 31.3.